The lowest BCUT2D eigenvalue weighted by atomic mass is 9.96. The van der Waals surface area contributed by atoms with Gasteiger partial charge in [0.25, 0.3) is 5.91 Å². The third kappa shape index (κ3) is 4.84. The van der Waals surface area contributed by atoms with E-state index in [1.165, 1.54) is 6.92 Å². The Bertz CT molecular complexity index is 523. The van der Waals surface area contributed by atoms with E-state index in [-0.39, 0.29) is 5.91 Å². The molecule has 0 saturated carbocycles. The number of rotatable bonds is 5. The second-order valence-corrected chi connectivity index (χ2v) is 5.69. The minimum atomic E-state index is -0.391. The third-order valence-corrected chi connectivity index (χ3v) is 3.90. The molecular formula is C17H23NO4. The minimum Gasteiger partial charge on any atom is -0.427 e. The third-order valence-electron chi connectivity index (χ3n) is 3.90. The van der Waals surface area contributed by atoms with Gasteiger partial charge in [0.1, 0.15) is 5.75 Å². The van der Waals surface area contributed by atoms with E-state index in [9.17, 15) is 9.59 Å². The van der Waals surface area contributed by atoms with Gasteiger partial charge in [0, 0.05) is 39.3 Å². The molecule has 0 radical (unpaired) electrons. The van der Waals surface area contributed by atoms with Gasteiger partial charge < -0.3 is 14.4 Å². The first kappa shape index (κ1) is 16.5. The highest BCUT2D eigenvalue weighted by Crippen LogP contribution is 2.19. The number of carbonyl (C=O) groups excluding carboxylic acids is 2. The highest BCUT2D eigenvalue weighted by Gasteiger charge is 2.17. The van der Waals surface area contributed by atoms with Gasteiger partial charge in [-0.2, -0.15) is 0 Å². The zero-order chi connectivity index (χ0) is 15.9. The fourth-order valence-electron chi connectivity index (χ4n) is 2.59. The molecule has 1 saturated heterocycles. The first-order valence-electron chi connectivity index (χ1n) is 7.68. The number of ether oxygens (including phenoxy) is 2. The fraction of sp³-hybridized carbons (Fsp3) is 0.529. The highest BCUT2D eigenvalue weighted by molar-refractivity contribution is 5.94. The van der Waals surface area contributed by atoms with E-state index in [2.05, 4.69) is 0 Å². The van der Waals surface area contributed by atoms with Gasteiger partial charge in [-0.15, -0.1) is 0 Å². The van der Waals surface area contributed by atoms with Crippen LogP contribution in [-0.4, -0.2) is 43.6 Å². The van der Waals surface area contributed by atoms with E-state index in [4.69, 9.17) is 9.47 Å². The molecule has 0 spiro atoms. The van der Waals surface area contributed by atoms with Crippen molar-refractivity contribution in [1.29, 1.82) is 0 Å². The van der Waals surface area contributed by atoms with Crippen molar-refractivity contribution in [3.05, 3.63) is 29.8 Å². The summed E-state index contributed by atoms with van der Waals surface area (Å²) in [6.07, 6.45) is 3.14. The topological polar surface area (TPSA) is 55.8 Å². The number of esters is 1. The molecule has 0 atom stereocenters. The molecule has 5 nitrogen and oxygen atoms in total. The summed E-state index contributed by atoms with van der Waals surface area (Å²) >= 11 is 0. The Morgan fingerprint density at radius 2 is 2.05 bits per heavy atom. The Balaban J connectivity index is 1.90. The molecule has 1 amide bonds. The largest absolute Gasteiger partial charge is 0.427 e. The van der Waals surface area contributed by atoms with Crippen molar-refractivity contribution in [2.45, 2.75) is 26.2 Å². The van der Waals surface area contributed by atoms with Gasteiger partial charge in [-0.05, 0) is 43.4 Å². The molecule has 1 aliphatic heterocycles. The maximum absolute atomic E-state index is 12.4. The molecule has 1 aliphatic rings. The van der Waals surface area contributed by atoms with E-state index in [1.54, 1.807) is 36.2 Å². The van der Waals surface area contributed by atoms with Crippen LogP contribution in [0.5, 0.6) is 5.75 Å². The number of benzene rings is 1. The van der Waals surface area contributed by atoms with Crippen molar-refractivity contribution in [3.63, 3.8) is 0 Å². The van der Waals surface area contributed by atoms with Gasteiger partial charge >= 0.3 is 5.97 Å². The molecule has 22 heavy (non-hydrogen) atoms. The molecule has 0 N–H and O–H groups in total. The van der Waals surface area contributed by atoms with Crippen LogP contribution in [0, 0.1) is 5.92 Å². The standard InChI is InChI=1S/C17H23NO4/c1-13(19)22-16-5-3-4-15(12-16)17(20)18(2)9-6-14-7-10-21-11-8-14/h3-5,12,14H,6-11H2,1-2H3. The molecule has 1 aromatic carbocycles. The fourth-order valence-corrected chi connectivity index (χ4v) is 2.59. The van der Waals surface area contributed by atoms with E-state index in [1.807, 2.05) is 0 Å². The lowest BCUT2D eigenvalue weighted by molar-refractivity contribution is -0.131. The van der Waals surface area contributed by atoms with Crippen molar-refractivity contribution in [2.24, 2.45) is 5.92 Å². The Hall–Kier alpha value is -1.88. The van der Waals surface area contributed by atoms with Crippen LogP contribution in [0.15, 0.2) is 24.3 Å². The molecule has 2 rings (SSSR count). The zero-order valence-corrected chi connectivity index (χ0v) is 13.2. The average Bonchev–Trinajstić information content (AvgIpc) is 2.52. The van der Waals surface area contributed by atoms with Gasteiger partial charge in [0.15, 0.2) is 0 Å². The number of nitrogens with zero attached hydrogens (tertiary/aromatic N) is 1. The van der Waals surface area contributed by atoms with Crippen molar-refractivity contribution in [3.8, 4) is 5.75 Å². The van der Waals surface area contributed by atoms with E-state index in [0.717, 1.165) is 39.0 Å². The van der Waals surface area contributed by atoms with Crippen LogP contribution in [0.2, 0.25) is 0 Å². The molecule has 1 aromatic rings. The van der Waals surface area contributed by atoms with Crippen molar-refractivity contribution < 1.29 is 19.1 Å². The second kappa shape index (κ2) is 7.94. The molecule has 120 valence electrons. The first-order valence-corrected chi connectivity index (χ1v) is 7.68. The summed E-state index contributed by atoms with van der Waals surface area (Å²) in [5.74, 6) is 0.589. The zero-order valence-electron chi connectivity index (χ0n) is 13.2. The molecule has 0 aliphatic carbocycles. The lowest BCUT2D eigenvalue weighted by Gasteiger charge is -2.25. The van der Waals surface area contributed by atoms with E-state index >= 15 is 0 Å². The van der Waals surface area contributed by atoms with Gasteiger partial charge in [0.05, 0.1) is 0 Å². The van der Waals surface area contributed by atoms with Crippen molar-refractivity contribution >= 4 is 11.9 Å². The smallest absolute Gasteiger partial charge is 0.308 e. The summed E-state index contributed by atoms with van der Waals surface area (Å²) in [4.78, 5) is 25.1. The van der Waals surface area contributed by atoms with Crippen LogP contribution in [0.3, 0.4) is 0 Å². The monoisotopic (exact) mass is 305 g/mol. The first-order chi connectivity index (χ1) is 10.6. The van der Waals surface area contributed by atoms with Gasteiger partial charge in [0.2, 0.25) is 0 Å². The lowest BCUT2D eigenvalue weighted by Crippen LogP contribution is -2.30. The summed E-state index contributed by atoms with van der Waals surface area (Å²) in [6.45, 7) is 3.72. The predicted molar refractivity (Wildman–Crippen MR) is 82.9 cm³/mol. The number of hydrogen-bond donors (Lipinski definition) is 0. The summed E-state index contributed by atoms with van der Waals surface area (Å²) in [5, 5.41) is 0. The van der Waals surface area contributed by atoms with E-state index < -0.39 is 5.97 Å². The number of amides is 1. The number of carbonyl (C=O) groups is 2. The molecule has 0 unspecified atom stereocenters. The second-order valence-electron chi connectivity index (χ2n) is 5.69. The van der Waals surface area contributed by atoms with Crippen LogP contribution in [-0.2, 0) is 9.53 Å². The van der Waals surface area contributed by atoms with Crippen LogP contribution in [0.25, 0.3) is 0 Å². The maximum Gasteiger partial charge on any atom is 0.308 e. The van der Waals surface area contributed by atoms with Crippen molar-refractivity contribution in [1.82, 2.24) is 4.90 Å². The SMILES string of the molecule is CC(=O)Oc1cccc(C(=O)N(C)CCC2CCOCC2)c1. The summed E-state index contributed by atoms with van der Waals surface area (Å²) < 4.78 is 10.4. The number of hydrogen-bond acceptors (Lipinski definition) is 4. The summed E-state index contributed by atoms with van der Waals surface area (Å²) in [5.41, 5.74) is 0.535. The molecular weight excluding hydrogens is 282 g/mol. The normalized spacial score (nSPS) is 15.4. The van der Waals surface area contributed by atoms with Crippen LogP contribution in [0.1, 0.15) is 36.5 Å². The summed E-state index contributed by atoms with van der Waals surface area (Å²) in [7, 11) is 1.81. The molecule has 5 heteroatoms. The van der Waals surface area contributed by atoms with Crippen molar-refractivity contribution in [2.75, 3.05) is 26.8 Å². The van der Waals surface area contributed by atoms with Gasteiger partial charge in [-0.25, -0.2) is 0 Å². The Morgan fingerprint density at radius 3 is 2.73 bits per heavy atom. The highest BCUT2D eigenvalue weighted by atomic mass is 16.5. The summed E-state index contributed by atoms with van der Waals surface area (Å²) in [6, 6.07) is 6.73. The predicted octanol–water partition coefficient (Wildman–Crippen LogP) is 2.50. The molecule has 1 heterocycles. The van der Waals surface area contributed by atoms with E-state index in [0.29, 0.717) is 17.2 Å². The van der Waals surface area contributed by atoms with Gasteiger partial charge in [-0.1, -0.05) is 6.07 Å². The maximum atomic E-state index is 12.4. The van der Waals surface area contributed by atoms with Crippen LogP contribution in [0.4, 0.5) is 0 Å². The molecule has 0 aromatic heterocycles. The Labute approximate surface area is 131 Å². The minimum absolute atomic E-state index is 0.0546. The average molecular weight is 305 g/mol. The van der Waals surface area contributed by atoms with Crippen LogP contribution < -0.4 is 4.74 Å². The van der Waals surface area contributed by atoms with Crippen LogP contribution >= 0.6 is 0 Å². The van der Waals surface area contributed by atoms with Gasteiger partial charge in [-0.3, -0.25) is 9.59 Å². The molecule has 0 bridgehead atoms. The molecule has 1 fully saturated rings. The quantitative estimate of drug-likeness (QED) is 0.619. The Kier molecular flexibility index (Phi) is 5.95. The Morgan fingerprint density at radius 1 is 1.32 bits per heavy atom.